The molecule has 3 aromatic carbocycles. The first kappa shape index (κ1) is 24.2. The Morgan fingerprint density at radius 2 is 1.61 bits per heavy atom. The minimum atomic E-state index is -0.459. The molecule has 0 bridgehead atoms. The Morgan fingerprint density at radius 1 is 0.879 bits per heavy atom. The fourth-order valence-corrected chi connectivity index (χ4v) is 3.45. The number of rotatable bonds is 7. The van der Waals surface area contributed by atoms with Crippen LogP contribution in [-0.2, 0) is 6.61 Å². The van der Waals surface area contributed by atoms with E-state index in [0.29, 0.717) is 40.3 Å². The molecule has 33 heavy (non-hydrogen) atoms. The van der Waals surface area contributed by atoms with Gasteiger partial charge in [-0.25, -0.2) is 0 Å². The van der Waals surface area contributed by atoms with Gasteiger partial charge in [-0.3, -0.25) is 25.8 Å². The molecule has 3 N–H and O–H groups in total. The molecule has 0 aliphatic carbocycles. The van der Waals surface area contributed by atoms with E-state index in [0.717, 1.165) is 5.56 Å². The van der Waals surface area contributed by atoms with E-state index in [1.54, 1.807) is 42.5 Å². The molecule has 0 fully saturated rings. The summed E-state index contributed by atoms with van der Waals surface area (Å²) in [6.45, 7) is 2.71. The third-order valence-electron chi connectivity index (χ3n) is 4.38. The van der Waals surface area contributed by atoms with Gasteiger partial charge in [0.2, 0.25) is 0 Å². The van der Waals surface area contributed by atoms with Crippen molar-refractivity contribution in [2.24, 2.45) is 0 Å². The summed E-state index contributed by atoms with van der Waals surface area (Å²) in [5.41, 5.74) is 6.70. The van der Waals surface area contributed by atoms with E-state index in [4.69, 9.17) is 21.7 Å². The van der Waals surface area contributed by atoms with Gasteiger partial charge in [0.15, 0.2) is 5.11 Å². The minimum absolute atomic E-state index is 0.0546. The van der Waals surface area contributed by atoms with Crippen LogP contribution in [0.25, 0.3) is 0 Å². The standard InChI is InChI=1S/C24H22BrN3O4S/c1-2-31-21-13-12-17(14-19(21)25)22(29)26-24(33)28-27-23(30)18-10-6-7-11-20(18)32-15-16-8-4-3-5-9-16/h3-14H,2,15H2,1H3,(H,27,30)(H2,26,28,29,33). The predicted molar refractivity (Wildman–Crippen MR) is 133 cm³/mol. The third-order valence-corrected chi connectivity index (χ3v) is 5.20. The molecule has 0 aliphatic rings. The maximum Gasteiger partial charge on any atom is 0.273 e. The molecule has 7 nitrogen and oxygen atoms in total. The number of carbonyl (C=O) groups excluding carboxylic acids is 2. The first-order chi connectivity index (χ1) is 16.0. The van der Waals surface area contributed by atoms with Crippen molar-refractivity contribution in [2.75, 3.05) is 6.61 Å². The molecule has 0 spiro atoms. The number of hydrazine groups is 1. The zero-order valence-corrected chi connectivity index (χ0v) is 20.2. The van der Waals surface area contributed by atoms with Crippen LogP contribution in [0.2, 0.25) is 0 Å². The number of amides is 2. The number of hydrogen-bond acceptors (Lipinski definition) is 5. The third kappa shape index (κ3) is 7.03. The maximum absolute atomic E-state index is 12.6. The topological polar surface area (TPSA) is 88.7 Å². The van der Waals surface area contributed by atoms with Crippen LogP contribution < -0.4 is 25.6 Å². The van der Waals surface area contributed by atoms with Crippen molar-refractivity contribution < 1.29 is 19.1 Å². The molecule has 0 unspecified atom stereocenters. The Bertz CT molecular complexity index is 1140. The number of carbonyl (C=O) groups is 2. The number of hydrogen-bond donors (Lipinski definition) is 3. The van der Waals surface area contributed by atoms with Gasteiger partial charge in [0.1, 0.15) is 18.1 Å². The van der Waals surface area contributed by atoms with Crippen LogP contribution in [0.4, 0.5) is 0 Å². The van der Waals surface area contributed by atoms with Crippen LogP contribution >= 0.6 is 28.1 Å². The normalized spacial score (nSPS) is 10.1. The van der Waals surface area contributed by atoms with Crippen LogP contribution in [0.3, 0.4) is 0 Å². The summed E-state index contributed by atoms with van der Waals surface area (Å²) < 4.78 is 11.9. The van der Waals surface area contributed by atoms with E-state index in [1.807, 2.05) is 37.3 Å². The molecule has 0 heterocycles. The lowest BCUT2D eigenvalue weighted by molar-refractivity contribution is 0.0930. The summed E-state index contributed by atoms with van der Waals surface area (Å²) in [6.07, 6.45) is 0. The highest BCUT2D eigenvalue weighted by Crippen LogP contribution is 2.26. The summed E-state index contributed by atoms with van der Waals surface area (Å²) in [5, 5.41) is 2.46. The number of nitrogens with one attached hydrogen (secondary N) is 3. The summed E-state index contributed by atoms with van der Waals surface area (Å²) in [7, 11) is 0. The Morgan fingerprint density at radius 3 is 2.33 bits per heavy atom. The molecule has 0 saturated carbocycles. The summed E-state index contributed by atoms with van der Waals surface area (Å²) >= 11 is 8.49. The largest absolute Gasteiger partial charge is 0.493 e. The smallest absolute Gasteiger partial charge is 0.273 e. The lowest BCUT2D eigenvalue weighted by Crippen LogP contribution is -2.48. The second-order valence-electron chi connectivity index (χ2n) is 6.71. The first-order valence-electron chi connectivity index (χ1n) is 10.1. The zero-order chi connectivity index (χ0) is 23.6. The number of halogens is 1. The van der Waals surface area contributed by atoms with Gasteiger partial charge >= 0.3 is 0 Å². The van der Waals surface area contributed by atoms with Crippen LogP contribution in [0.5, 0.6) is 11.5 Å². The lowest BCUT2D eigenvalue weighted by Gasteiger charge is -2.14. The fourth-order valence-electron chi connectivity index (χ4n) is 2.82. The van der Waals surface area contributed by atoms with Crippen LogP contribution in [0, 0.1) is 0 Å². The summed E-state index contributed by atoms with van der Waals surface area (Å²) in [4.78, 5) is 25.1. The van der Waals surface area contributed by atoms with E-state index in [9.17, 15) is 9.59 Å². The van der Waals surface area contributed by atoms with E-state index in [1.165, 1.54) is 0 Å². The van der Waals surface area contributed by atoms with Gasteiger partial charge in [-0.15, -0.1) is 0 Å². The minimum Gasteiger partial charge on any atom is -0.493 e. The second kappa shape index (κ2) is 12.0. The molecule has 0 saturated heterocycles. The summed E-state index contributed by atoms with van der Waals surface area (Å²) in [5.74, 6) is 0.168. The van der Waals surface area contributed by atoms with Gasteiger partial charge in [-0.1, -0.05) is 42.5 Å². The average Bonchev–Trinajstić information content (AvgIpc) is 2.83. The Balaban J connectivity index is 1.54. The number of ether oxygens (including phenoxy) is 2. The lowest BCUT2D eigenvalue weighted by atomic mass is 10.2. The molecule has 0 aromatic heterocycles. The zero-order valence-electron chi connectivity index (χ0n) is 17.8. The highest BCUT2D eigenvalue weighted by molar-refractivity contribution is 9.10. The molecule has 9 heteroatoms. The van der Waals surface area contributed by atoms with Crippen molar-refractivity contribution in [2.45, 2.75) is 13.5 Å². The van der Waals surface area contributed by atoms with E-state index in [-0.39, 0.29) is 5.11 Å². The van der Waals surface area contributed by atoms with Crippen LogP contribution in [-0.4, -0.2) is 23.5 Å². The molecule has 170 valence electrons. The molecular formula is C24H22BrN3O4S. The van der Waals surface area contributed by atoms with E-state index >= 15 is 0 Å². The van der Waals surface area contributed by atoms with Crippen molar-refractivity contribution in [3.8, 4) is 11.5 Å². The molecule has 0 aliphatic heterocycles. The van der Waals surface area contributed by atoms with E-state index in [2.05, 4.69) is 32.1 Å². The highest BCUT2D eigenvalue weighted by atomic mass is 79.9. The monoisotopic (exact) mass is 527 g/mol. The van der Waals surface area contributed by atoms with Crippen molar-refractivity contribution >= 4 is 45.1 Å². The molecule has 3 aromatic rings. The van der Waals surface area contributed by atoms with Gasteiger partial charge < -0.3 is 9.47 Å². The Labute approximate surface area is 205 Å². The SMILES string of the molecule is CCOc1ccc(C(=O)NC(=S)NNC(=O)c2ccccc2OCc2ccccc2)cc1Br. The van der Waals surface area contributed by atoms with Gasteiger partial charge in [-0.05, 0) is 71.0 Å². The van der Waals surface area contributed by atoms with Crippen molar-refractivity contribution in [1.29, 1.82) is 0 Å². The van der Waals surface area contributed by atoms with Crippen molar-refractivity contribution in [3.63, 3.8) is 0 Å². The Kier molecular flexibility index (Phi) is 8.79. The molecule has 3 rings (SSSR count). The number of para-hydroxylation sites is 1. The van der Waals surface area contributed by atoms with Crippen molar-refractivity contribution in [3.05, 3.63) is 94.0 Å². The van der Waals surface area contributed by atoms with E-state index < -0.39 is 11.8 Å². The Hall–Kier alpha value is -3.43. The predicted octanol–water partition coefficient (Wildman–Crippen LogP) is 4.38. The maximum atomic E-state index is 12.6. The van der Waals surface area contributed by atoms with Crippen molar-refractivity contribution in [1.82, 2.24) is 16.2 Å². The van der Waals surface area contributed by atoms with Gasteiger partial charge in [0.25, 0.3) is 11.8 Å². The highest BCUT2D eigenvalue weighted by Gasteiger charge is 2.14. The molecular weight excluding hydrogens is 506 g/mol. The molecule has 2 amide bonds. The first-order valence-corrected chi connectivity index (χ1v) is 11.3. The fraction of sp³-hybridized carbons (Fsp3) is 0.125. The van der Waals surface area contributed by atoms with Gasteiger partial charge in [-0.2, -0.15) is 0 Å². The molecule has 0 atom stereocenters. The molecule has 0 radical (unpaired) electrons. The van der Waals surface area contributed by atoms with Gasteiger partial charge in [0.05, 0.1) is 16.6 Å². The van der Waals surface area contributed by atoms with Gasteiger partial charge in [0, 0.05) is 5.56 Å². The quantitative estimate of drug-likeness (QED) is 0.312. The summed E-state index contributed by atoms with van der Waals surface area (Å²) in [6, 6.07) is 21.4. The number of thiocarbonyl (C=S) groups is 1. The van der Waals surface area contributed by atoms with Crippen LogP contribution in [0.1, 0.15) is 33.2 Å². The van der Waals surface area contributed by atoms with Crippen LogP contribution in [0.15, 0.2) is 77.3 Å². The number of benzene rings is 3. The average molecular weight is 528 g/mol. The second-order valence-corrected chi connectivity index (χ2v) is 7.97.